The third-order valence-electron chi connectivity index (χ3n) is 14.4. The minimum absolute atomic E-state index is 0.0634. The van der Waals surface area contributed by atoms with Gasteiger partial charge < -0.3 is 9.13 Å². The lowest BCUT2D eigenvalue weighted by Gasteiger charge is -2.43. The van der Waals surface area contributed by atoms with Gasteiger partial charge >= 0.3 is 0 Å². The molecule has 0 amide bonds. The lowest BCUT2D eigenvalue weighted by Crippen LogP contribution is -2.34. The Bertz CT molecular complexity index is 3520. The molecule has 2 heteroatoms. The monoisotopic (exact) mass is 798 g/mol. The van der Waals surface area contributed by atoms with Crippen molar-refractivity contribution < 1.29 is 0 Å². The van der Waals surface area contributed by atoms with Crippen LogP contribution >= 0.6 is 0 Å². The molecular formula is C60H50N2. The molecule has 0 bridgehead atoms. The number of rotatable bonds is 5. The lowest BCUT2D eigenvalue weighted by atomic mass is 9.61. The molecule has 0 aliphatic heterocycles. The molecule has 300 valence electrons. The van der Waals surface area contributed by atoms with Crippen LogP contribution < -0.4 is 0 Å². The van der Waals surface area contributed by atoms with E-state index in [1.807, 2.05) is 0 Å². The van der Waals surface area contributed by atoms with E-state index < -0.39 is 0 Å². The summed E-state index contributed by atoms with van der Waals surface area (Å²) >= 11 is 0. The summed E-state index contributed by atoms with van der Waals surface area (Å²) in [5.41, 5.74) is 18.3. The third-order valence-corrected chi connectivity index (χ3v) is 14.4. The van der Waals surface area contributed by atoms with Gasteiger partial charge in [-0.25, -0.2) is 0 Å². The molecule has 0 N–H and O–H groups in total. The molecule has 12 rings (SSSR count). The maximum absolute atomic E-state index is 2.56. The van der Waals surface area contributed by atoms with Gasteiger partial charge in [-0.2, -0.15) is 0 Å². The highest BCUT2D eigenvalue weighted by Gasteiger charge is 2.39. The van der Waals surface area contributed by atoms with Crippen LogP contribution in [-0.4, -0.2) is 9.13 Å². The van der Waals surface area contributed by atoms with Crippen molar-refractivity contribution in [2.24, 2.45) is 0 Å². The largest absolute Gasteiger partial charge is 0.309 e. The first kappa shape index (κ1) is 36.9. The van der Waals surface area contributed by atoms with Crippen molar-refractivity contribution in [1.82, 2.24) is 9.13 Å². The van der Waals surface area contributed by atoms with Crippen LogP contribution in [0.25, 0.3) is 93.6 Å². The molecule has 0 radical (unpaired) electrons. The quantitative estimate of drug-likeness (QED) is 0.164. The molecule has 2 nitrogen and oxygen atoms in total. The summed E-state index contributed by atoms with van der Waals surface area (Å²) in [6, 6.07) is 61.9. The molecule has 0 saturated heterocycles. The van der Waals surface area contributed by atoms with Gasteiger partial charge in [0.25, 0.3) is 0 Å². The maximum atomic E-state index is 2.56. The molecule has 2 aliphatic rings. The molecule has 10 aromatic rings. The Morgan fingerprint density at radius 2 is 1.16 bits per heavy atom. The smallest absolute Gasteiger partial charge is 0.0548 e. The number of fused-ring (bicyclic) bond motifs is 9. The van der Waals surface area contributed by atoms with Crippen molar-refractivity contribution >= 4 is 60.0 Å². The topological polar surface area (TPSA) is 9.86 Å². The second-order valence-corrected chi connectivity index (χ2v) is 19.0. The van der Waals surface area contributed by atoms with Crippen molar-refractivity contribution in [2.45, 2.75) is 64.2 Å². The zero-order valence-electron chi connectivity index (χ0n) is 36.0. The van der Waals surface area contributed by atoms with Gasteiger partial charge in [0.05, 0.1) is 27.8 Å². The second-order valence-electron chi connectivity index (χ2n) is 19.0. The summed E-state index contributed by atoms with van der Waals surface area (Å²) in [7, 11) is 0. The average Bonchev–Trinajstić information content (AvgIpc) is 3.84. The Kier molecular flexibility index (Phi) is 8.22. The van der Waals surface area contributed by atoms with E-state index in [1.165, 1.54) is 123 Å². The van der Waals surface area contributed by atoms with Crippen LogP contribution in [0.2, 0.25) is 0 Å². The van der Waals surface area contributed by atoms with Crippen molar-refractivity contribution in [3.63, 3.8) is 0 Å². The summed E-state index contributed by atoms with van der Waals surface area (Å²) in [5.74, 6) is 0. The number of benzene rings is 8. The summed E-state index contributed by atoms with van der Waals surface area (Å²) in [5, 5.41) is 7.64. The summed E-state index contributed by atoms with van der Waals surface area (Å²) in [6.07, 6.45) is 11.3. The zero-order valence-corrected chi connectivity index (χ0v) is 36.0. The van der Waals surface area contributed by atoms with Gasteiger partial charge in [0.2, 0.25) is 0 Å². The van der Waals surface area contributed by atoms with Gasteiger partial charge in [-0.15, -0.1) is 0 Å². The van der Waals surface area contributed by atoms with Crippen LogP contribution in [0, 0.1) is 0 Å². The Morgan fingerprint density at radius 1 is 0.468 bits per heavy atom. The maximum Gasteiger partial charge on any atom is 0.0548 e. The Hall–Kier alpha value is -6.90. The standard InChI is InChI=1S/C60H50N2/c1-59(2)35-36-60(3,4)58-48(26-15-27-50(58)59)46-23-10-13-29-52(46)62-54-30-16-25-45(57(54)56-44-22-9-8-19-40(44)31-34-55(56)62)42-32-33-53-49(38-42)47-24-11-12-28-51(47)61(53)43-21-14-20-41(37-43)39-17-6-5-7-18-39/h5-6,8-17,19-34,37-38H,7,18,35-36H2,1-4H3. The van der Waals surface area contributed by atoms with Crippen LogP contribution in [0.5, 0.6) is 0 Å². The molecule has 0 spiro atoms. The van der Waals surface area contributed by atoms with Crippen molar-refractivity contribution in [3.8, 4) is 33.6 Å². The lowest BCUT2D eigenvalue weighted by molar-refractivity contribution is 0.333. The predicted octanol–water partition coefficient (Wildman–Crippen LogP) is 16.5. The Balaban J connectivity index is 1.11. The fraction of sp³-hybridized carbons (Fsp3) is 0.167. The van der Waals surface area contributed by atoms with Crippen molar-refractivity contribution in [1.29, 1.82) is 0 Å². The van der Waals surface area contributed by atoms with Gasteiger partial charge in [-0.1, -0.05) is 161 Å². The van der Waals surface area contributed by atoms with Crippen molar-refractivity contribution in [3.05, 3.63) is 199 Å². The van der Waals surface area contributed by atoms with Gasteiger partial charge in [0.1, 0.15) is 0 Å². The van der Waals surface area contributed by atoms with E-state index in [0.717, 1.165) is 12.8 Å². The second kappa shape index (κ2) is 13.8. The molecule has 62 heavy (non-hydrogen) atoms. The molecule has 0 fully saturated rings. The van der Waals surface area contributed by atoms with Gasteiger partial charge in [-0.05, 0) is 135 Å². The van der Waals surface area contributed by atoms with E-state index in [1.54, 1.807) is 0 Å². The average molecular weight is 799 g/mol. The molecule has 0 unspecified atom stereocenters. The molecule has 2 aliphatic carbocycles. The van der Waals surface area contributed by atoms with E-state index in [-0.39, 0.29) is 10.8 Å². The highest BCUT2D eigenvalue weighted by atomic mass is 15.0. The molecule has 0 saturated carbocycles. The number of allylic oxidation sites excluding steroid dienone is 4. The van der Waals surface area contributed by atoms with Crippen LogP contribution in [0.3, 0.4) is 0 Å². The van der Waals surface area contributed by atoms with Crippen LogP contribution in [0.15, 0.2) is 182 Å². The summed E-state index contributed by atoms with van der Waals surface area (Å²) < 4.78 is 5.02. The Labute approximate surface area is 364 Å². The number of hydrogen-bond acceptors (Lipinski definition) is 0. The minimum atomic E-state index is 0.0634. The highest BCUT2D eigenvalue weighted by Crippen LogP contribution is 2.51. The molecule has 0 atom stereocenters. The first-order chi connectivity index (χ1) is 30.3. The summed E-state index contributed by atoms with van der Waals surface area (Å²) in [4.78, 5) is 0. The summed E-state index contributed by atoms with van der Waals surface area (Å²) in [6.45, 7) is 9.75. The molecular weight excluding hydrogens is 749 g/mol. The first-order valence-electron chi connectivity index (χ1n) is 22.5. The minimum Gasteiger partial charge on any atom is -0.309 e. The van der Waals surface area contributed by atoms with Crippen LogP contribution in [-0.2, 0) is 10.8 Å². The fourth-order valence-electron chi connectivity index (χ4n) is 11.3. The van der Waals surface area contributed by atoms with E-state index in [9.17, 15) is 0 Å². The SMILES string of the molecule is CC1(C)CCC(C)(C)c2c(-c3ccccc3-n3c4cccc(-c5ccc6c(c5)c5ccccc5n6-c5cccc(C6=CC=CCC6)c5)c4c4c5ccccc5ccc43)cccc21. The zero-order chi connectivity index (χ0) is 41.7. The van der Waals surface area contributed by atoms with Gasteiger partial charge in [-0.3, -0.25) is 0 Å². The van der Waals surface area contributed by atoms with E-state index in [2.05, 4.69) is 219 Å². The van der Waals surface area contributed by atoms with Gasteiger partial charge in [0, 0.05) is 32.8 Å². The first-order valence-corrected chi connectivity index (χ1v) is 22.5. The van der Waals surface area contributed by atoms with Crippen LogP contribution in [0.1, 0.15) is 70.1 Å². The molecule has 2 aromatic heterocycles. The molecule has 2 heterocycles. The van der Waals surface area contributed by atoms with E-state index >= 15 is 0 Å². The normalized spacial score (nSPS) is 15.8. The fourth-order valence-corrected chi connectivity index (χ4v) is 11.3. The van der Waals surface area contributed by atoms with Gasteiger partial charge in [0.15, 0.2) is 0 Å². The number of aromatic nitrogens is 2. The predicted molar refractivity (Wildman–Crippen MR) is 265 cm³/mol. The van der Waals surface area contributed by atoms with E-state index in [0.29, 0.717) is 0 Å². The number of nitrogens with zero attached hydrogens (tertiary/aromatic N) is 2. The number of para-hydroxylation sites is 2. The molecule has 8 aromatic carbocycles. The highest BCUT2D eigenvalue weighted by molar-refractivity contribution is 6.25. The van der Waals surface area contributed by atoms with E-state index in [4.69, 9.17) is 0 Å². The Morgan fingerprint density at radius 3 is 2.05 bits per heavy atom. The van der Waals surface area contributed by atoms with Crippen molar-refractivity contribution in [2.75, 3.05) is 0 Å². The number of hydrogen-bond donors (Lipinski definition) is 0. The van der Waals surface area contributed by atoms with Crippen LogP contribution in [0.4, 0.5) is 0 Å². The third kappa shape index (κ3) is 5.55.